The molecule has 1 aromatic rings. The third kappa shape index (κ3) is 2.41. The van der Waals surface area contributed by atoms with Crippen LogP contribution in [0.2, 0.25) is 0 Å². The number of benzene rings is 1. The number of hydrogen-bond donors (Lipinski definition) is 1. The number of thioether (sulfide) groups is 1. The number of aliphatic carboxylic acids is 1. The average molecular weight is 251 g/mol. The summed E-state index contributed by atoms with van der Waals surface area (Å²) in [6.07, 6.45) is 0.204. The van der Waals surface area contributed by atoms with Crippen LogP contribution in [0.5, 0.6) is 0 Å². The van der Waals surface area contributed by atoms with Crippen LogP contribution in [0.1, 0.15) is 17.5 Å². The van der Waals surface area contributed by atoms with Gasteiger partial charge in [0.1, 0.15) is 0 Å². The van der Waals surface area contributed by atoms with Crippen LogP contribution in [0.25, 0.3) is 0 Å². The molecule has 0 amide bonds. The molecule has 1 aliphatic rings. The van der Waals surface area contributed by atoms with Gasteiger partial charge in [-0.05, 0) is 31.0 Å². The number of anilines is 1. The summed E-state index contributed by atoms with van der Waals surface area (Å²) < 4.78 is 0. The van der Waals surface area contributed by atoms with Crippen molar-refractivity contribution in [2.75, 3.05) is 17.7 Å². The highest BCUT2D eigenvalue weighted by Gasteiger charge is 2.26. The predicted octanol–water partition coefficient (Wildman–Crippen LogP) is 2.69. The van der Waals surface area contributed by atoms with E-state index in [4.69, 9.17) is 5.11 Å². The smallest absolute Gasteiger partial charge is 0.305 e. The van der Waals surface area contributed by atoms with Crippen molar-refractivity contribution in [1.29, 1.82) is 0 Å². The van der Waals surface area contributed by atoms with Crippen LogP contribution < -0.4 is 4.90 Å². The fourth-order valence-corrected chi connectivity index (χ4v) is 3.61. The standard InChI is InChI=1S/C13H17NO2S/c1-8-4-9(2)13-11(5-8)14(3)10(7-17-13)6-12(15)16/h4-5,10H,6-7H2,1-3H3,(H,15,16). The van der Waals surface area contributed by atoms with Crippen molar-refractivity contribution < 1.29 is 9.90 Å². The molecule has 92 valence electrons. The SMILES string of the molecule is Cc1cc(C)c2c(c1)N(C)C(CC(=O)O)CS2. The van der Waals surface area contributed by atoms with Crippen molar-refractivity contribution >= 4 is 23.4 Å². The van der Waals surface area contributed by atoms with Crippen molar-refractivity contribution in [2.45, 2.75) is 31.2 Å². The maximum atomic E-state index is 10.8. The molecule has 0 saturated carbocycles. The molecule has 1 heterocycles. The van der Waals surface area contributed by atoms with Gasteiger partial charge >= 0.3 is 5.97 Å². The second-order valence-corrected chi connectivity index (χ2v) is 5.63. The molecule has 4 heteroatoms. The highest BCUT2D eigenvalue weighted by molar-refractivity contribution is 7.99. The molecule has 0 aliphatic carbocycles. The van der Waals surface area contributed by atoms with E-state index in [1.807, 2.05) is 7.05 Å². The van der Waals surface area contributed by atoms with Crippen LogP contribution in [0, 0.1) is 13.8 Å². The number of carboxylic acid groups (broad SMARTS) is 1. The van der Waals surface area contributed by atoms with Crippen molar-refractivity contribution in [3.8, 4) is 0 Å². The number of fused-ring (bicyclic) bond motifs is 1. The third-order valence-electron chi connectivity index (χ3n) is 3.16. The highest BCUT2D eigenvalue weighted by atomic mass is 32.2. The Balaban J connectivity index is 2.34. The molecule has 0 radical (unpaired) electrons. The summed E-state index contributed by atoms with van der Waals surface area (Å²) in [5, 5.41) is 8.90. The first-order valence-corrected chi connectivity index (χ1v) is 6.66. The lowest BCUT2D eigenvalue weighted by Gasteiger charge is -2.35. The van der Waals surface area contributed by atoms with Crippen molar-refractivity contribution in [1.82, 2.24) is 0 Å². The van der Waals surface area contributed by atoms with Gasteiger partial charge in [0.05, 0.1) is 12.1 Å². The zero-order valence-corrected chi connectivity index (χ0v) is 11.2. The second kappa shape index (κ2) is 4.61. The van der Waals surface area contributed by atoms with E-state index in [1.54, 1.807) is 11.8 Å². The van der Waals surface area contributed by atoms with E-state index in [-0.39, 0.29) is 12.5 Å². The summed E-state index contributed by atoms with van der Waals surface area (Å²) in [4.78, 5) is 14.2. The quantitative estimate of drug-likeness (QED) is 0.877. The first-order valence-electron chi connectivity index (χ1n) is 5.67. The minimum absolute atomic E-state index is 0.0891. The van der Waals surface area contributed by atoms with Crippen molar-refractivity contribution in [2.24, 2.45) is 0 Å². The van der Waals surface area contributed by atoms with Gasteiger partial charge in [0, 0.05) is 23.7 Å². The molecule has 0 spiro atoms. The van der Waals surface area contributed by atoms with E-state index in [1.165, 1.54) is 21.7 Å². The number of hydrogen-bond acceptors (Lipinski definition) is 3. The third-order valence-corrected chi connectivity index (χ3v) is 4.53. The highest BCUT2D eigenvalue weighted by Crippen LogP contribution is 2.40. The van der Waals surface area contributed by atoms with Gasteiger partial charge < -0.3 is 10.0 Å². The molecule has 3 nitrogen and oxygen atoms in total. The van der Waals surface area contributed by atoms with E-state index in [2.05, 4.69) is 30.9 Å². The number of nitrogens with zero attached hydrogens (tertiary/aromatic N) is 1. The summed E-state index contributed by atoms with van der Waals surface area (Å²) >= 11 is 1.77. The Labute approximate surface area is 106 Å². The molecule has 2 rings (SSSR count). The van der Waals surface area contributed by atoms with E-state index in [0.717, 1.165) is 5.75 Å². The Bertz CT molecular complexity index is 459. The maximum absolute atomic E-state index is 10.8. The minimum Gasteiger partial charge on any atom is -0.481 e. The summed E-state index contributed by atoms with van der Waals surface area (Å²) in [7, 11) is 1.99. The molecule has 1 unspecified atom stereocenters. The molecule has 17 heavy (non-hydrogen) atoms. The van der Waals surface area contributed by atoms with Gasteiger partial charge in [-0.3, -0.25) is 4.79 Å². The van der Waals surface area contributed by atoms with Gasteiger partial charge in [-0.25, -0.2) is 0 Å². The largest absolute Gasteiger partial charge is 0.481 e. The van der Waals surface area contributed by atoms with Crippen molar-refractivity contribution in [3.05, 3.63) is 23.3 Å². The fraction of sp³-hybridized carbons (Fsp3) is 0.462. The monoisotopic (exact) mass is 251 g/mol. The minimum atomic E-state index is -0.727. The zero-order valence-electron chi connectivity index (χ0n) is 10.4. The van der Waals surface area contributed by atoms with E-state index in [9.17, 15) is 4.79 Å². The maximum Gasteiger partial charge on any atom is 0.305 e. The molecule has 1 aromatic carbocycles. The van der Waals surface area contributed by atoms with Crippen LogP contribution in [0.15, 0.2) is 17.0 Å². The summed E-state index contributed by atoms with van der Waals surface area (Å²) in [5.41, 5.74) is 3.68. The molecular formula is C13H17NO2S. The number of rotatable bonds is 2. The molecular weight excluding hydrogens is 234 g/mol. The van der Waals surface area contributed by atoms with Crippen LogP contribution in [-0.2, 0) is 4.79 Å². The van der Waals surface area contributed by atoms with Gasteiger partial charge in [0.25, 0.3) is 0 Å². The number of aryl methyl sites for hydroxylation is 2. The number of carbonyl (C=O) groups is 1. The molecule has 0 bridgehead atoms. The van der Waals surface area contributed by atoms with Gasteiger partial charge in [-0.1, -0.05) is 6.07 Å². The summed E-state index contributed by atoms with van der Waals surface area (Å²) in [6, 6.07) is 4.41. The van der Waals surface area contributed by atoms with E-state index < -0.39 is 5.97 Å². The fourth-order valence-electron chi connectivity index (χ4n) is 2.27. The Morgan fingerprint density at radius 1 is 1.53 bits per heavy atom. The lowest BCUT2D eigenvalue weighted by molar-refractivity contribution is -0.137. The normalized spacial score (nSPS) is 19.0. The lowest BCUT2D eigenvalue weighted by atomic mass is 10.1. The Hall–Kier alpha value is -1.16. The van der Waals surface area contributed by atoms with Gasteiger partial charge in [0.15, 0.2) is 0 Å². The van der Waals surface area contributed by atoms with Crippen LogP contribution in [0.3, 0.4) is 0 Å². The van der Waals surface area contributed by atoms with Crippen LogP contribution in [0.4, 0.5) is 5.69 Å². The molecule has 0 saturated heterocycles. The van der Waals surface area contributed by atoms with Gasteiger partial charge in [-0.2, -0.15) is 0 Å². The number of carboxylic acids is 1. The molecule has 1 atom stereocenters. The summed E-state index contributed by atoms with van der Waals surface area (Å²) in [6.45, 7) is 4.19. The molecule has 1 N–H and O–H groups in total. The van der Waals surface area contributed by atoms with E-state index in [0.29, 0.717) is 0 Å². The molecule has 0 fully saturated rings. The van der Waals surface area contributed by atoms with Crippen molar-refractivity contribution in [3.63, 3.8) is 0 Å². The Morgan fingerprint density at radius 2 is 2.24 bits per heavy atom. The Morgan fingerprint density at radius 3 is 2.88 bits per heavy atom. The average Bonchev–Trinajstić information content (AvgIpc) is 2.22. The van der Waals surface area contributed by atoms with Gasteiger partial charge in [0.2, 0.25) is 0 Å². The first-order chi connectivity index (χ1) is 7.99. The predicted molar refractivity (Wildman–Crippen MR) is 71.1 cm³/mol. The van der Waals surface area contributed by atoms with E-state index >= 15 is 0 Å². The topological polar surface area (TPSA) is 40.5 Å². The lowest BCUT2D eigenvalue weighted by Crippen LogP contribution is -2.38. The first kappa shape index (κ1) is 12.3. The Kier molecular flexibility index (Phi) is 3.33. The van der Waals surface area contributed by atoms with Crippen LogP contribution >= 0.6 is 11.8 Å². The van der Waals surface area contributed by atoms with Crippen LogP contribution in [-0.4, -0.2) is 29.9 Å². The zero-order chi connectivity index (χ0) is 12.6. The molecule has 0 aromatic heterocycles. The van der Waals surface area contributed by atoms with Gasteiger partial charge in [-0.15, -0.1) is 11.8 Å². The summed E-state index contributed by atoms with van der Waals surface area (Å²) in [5.74, 6) is 0.120. The molecule has 1 aliphatic heterocycles. The second-order valence-electron chi connectivity index (χ2n) is 4.60.